The van der Waals surface area contributed by atoms with Crippen LogP contribution >= 0.6 is 0 Å². The number of rotatable bonds is 8. The molecule has 0 aromatic heterocycles. The van der Waals surface area contributed by atoms with Crippen molar-refractivity contribution in [1.82, 2.24) is 4.90 Å². The molecule has 1 N–H and O–H groups in total. The van der Waals surface area contributed by atoms with E-state index in [-0.39, 0.29) is 6.42 Å². The molecule has 0 unspecified atom stereocenters. The predicted octanol–water partition coefficient (Wildman–Crippen LogP) is 4.59. The first-order chi connectivity index (χ1) is 13.1. The Balaban J connectivity index is 1.69. The normalized spacial score (nSPS) is 14.4. The Kier molecular flexibility index (Phi) is 6.66. The summed E-state index contributed by atoms with van der Waals surface area (Å²) in [5.41, 5.74) is 4.83. The Bertz CT molecular complexity index is 763. The second-order valence-electron chi connectivity index (χ2n) is 7.00. The fourth-order valence-electron chi connectivity index (χ4n) is 3.44. The van der Waals surface area contributed by atoms with Gasteiger partial charge in [-0.15, -0.1) is 0 Å². The maximum absolute atomic E-state index is 10.6. The standard InChI is InChI=1S/C23H27NO3/c1-24(15-7-6-14-23(25)26)16-8-12-20-19-10-3-2-9-18(19)17-27-22-13-5-4-11-21(20)22/h2-5,9-13H,6-8,14-17H2,1H3,(H,25,26). The van der Waals surface area contributed by atoms with Crippen molar-refractivity contribution in [2.45, 2.75) is 32.3 Å². The number of fused-ring (bicyclic) bond motifs is 2. The molecule has 1 heterocycles. The zero-order valence-electron chi connectivity index (χ0n) is 15.9. The average molecular weight is 365 g/mol. The Hall–Kier alpha value is -2.59. The second kappa shape index (κ2) is 9.38. The van der Waals surface area contributed by atoms with Crippen LogP contribution in [0, 0.1) is 0 Å². The molecule has 2 aromatic carbocycles. The smallest absolute Gasteiger partial charge is 0.303 e. The van der Waals surface area contributed by atoms with E-state index in [1.54, 1.807) is 0 Å². The van der Waals surface area contributed by atoms with E-state index in [4.69, 9.17) is 9.84 Å². The molecule has 0 atom stereocenters. The minimum absolute atomic E-state index is 0.255. The van der Waals surface area contributed by atoms with Crippen molar-refractivity contribution in [3.8, 4) is 5.75 Å². The average Bonchev–Trinajstić information content (AvgIpc) is 2.83. The topological polar surface area (TPSA) is 49.8 Å². The number of carboxylic acids is 1. The van der Waals surface area contributed by atoms with Gasteiger partial charge in [-0.3, -0.25) is 4.79 Å². The Morgan fingerprint density at radius 2 is 1.81 bits per heavy atom. The van der Waals surface area contributed by atoms with E-state index in [0.29, 0.717) is 6.61 Å². The van der Waals surface area contributed by atoms with Gasteiger partial charge >= 0.3 is 5.97 Å². The van der Waals surface area contributed by atoms with Crippen LogP contribution in [0.4, 0.5) is 0 Å². The lowest BCUT2D eigenvalue weighted by Crippen LogP contribution is -2.20. The summed E-state index contributed by atoms with van der Waals surface area (Å²) in [6.07, 6.45) is 5.15. The zero-order chi connectivity index (χ0) is 19.1. The number of benzene rings is 2. The molecular weight excluding hydrogens is 338 g/mol. The third-order valence-corrected chi connectivity index (χ3v) is 4.91. The lowest BCUT2D eigenvalue weighted by Gasteiger charge is -2.16. The van der Waals surface area contributed by atoms with Gasteiger partial charge in [0.25, 0.3) is 0 Å². The van der Waals surface area contributed by atoms with Gasteiger partial charge < -0.3 is 14.7 Å². The molecule has 0 fully saturated rings. The molecule has 0 aliphatic carbocycles. The molecule has 2 aromatic rings. The number of hydrogen-bond acceptors (Lipinski definition) is 3. The number of aliphatic carboxylic acids is 1. The molecule has 142 valence electrons. The van der Waals surface area contributed by atoms with Crippen LogP contribution in [0.1, 0.15) is 42.4 Å². The fourth-order valence-corrected chi connectivity index (χ4v) is 3.44. The van der Waals surface area contributed by atoms with Crippen LogP contribution in [-0.2, 0) is 11.4 Å². The van der Waals surface area contributed by atoms with Crippen LogP contribution in [-0.4, -0.2) is 36.1 Å². The van der Waals surface area contributed by atoms with Crippen molar-refractivity contribution < 1.29 is 14.6 Å². The summed E-state index contributed by atoms with van der Waals surface area (Å²) < 4.78 is 6.02. The summed E-state index contributed by atoms with van der Waals surface area (Å²) in [6, 6.07) is 16.7. The van der Waals surface area contributed by atoms with Crippen LogP contribution in [0.5, 0.6) is 5.75 Å². The number of para-hydroxylation sites is 1. The van der Waals surface area contributed by atoms with Crippen molar-refractivity contribution >= 4 is 11.5 Å². The molecule has 0 saturated carbocycles. The number of carbonyl (C=O) groups is 1. The van der Waals surface area contributed by atoms with E-state index < -0.39 is 5.97 Å². The van der Waals surface area contributed by atoms with Gasteiger partial charge in [-0.1, -0.05) is 48.5 Å². The van der Waals surface area contributed by atoms with E-state index in [0.717, 1.165) is 43.7 Å². The second-order valence-corrected chi connectivity index (χ2v) is 7.00. The Morgan fingerprint density at radius 3 is 2.63 bits per heavy atom. The molecule has 0 spiro atoms. The van der Waals surface area contributed by atoms with Gasteiger partial charge in [-0.25, -0.2) is 0 Å². The first-order valence-electron chi connectivity index (χ1n) is 9.56. The maximum Gasteiger partial charge on any atom is 0.303 e. The van der Waals surface area contributed by atoms with Crippen molar-refractivity contribution in [3.63, 3.8) is 0 Å². The molecule has 0 bridgehead atoms. The Labute approximate surface area is 161 Å². The number of unbranched alkanes of at least 4 members (excludes halogenated alkanes) is 1. The van der Waals surface area contributed by atoms with Gasteiger partial charge in [-0.05, 0) is 55.6 Å². The first-order valence-corrected chi connectivity index (χ1v) is 9.56. The first kappa shape index (κ1) is 19.2. The molecule has 4 nitrogen and oxygen atoms in total. The van der Waals surface area contributed by atoms with Crippen molar-refractivity contribution in [1.29, 1.82) is 0 Å². The third-order valence-electron chi connectivity index (χ3n) is 4.91. The summed E-state index contributed by atoms with van der Waals surface area (Å²) in [7, 11) is 2.09. The van der Waals surface area contributed by atoms with Gasteiger partial charge in [0.05, 0.1) is 0 Å². The van der Waals surface area contributed by atoms with Gasteiger partial charge in [0.2, 0.25) is 0 Å². The molecule has 0 radical (unpaired) electrons. The van der Waals surface area contributed by atoms with Crippen LogP contribution in [0.25, 0.3) is 5.57 Å². The van der Waals surface area contributed by atoms with E-state index >= 15 is 0 Å². The maximum atomic E-state index is 10.6. The van der Waals surface area contributed by atoms with Gasteiger partial charge in [0.1, 0.15) is 12.4 Å². The SMILES string of the molecule is CN(CCC=C1c2ccccc2COc2ccccc21)CCCCC(=O)O. The zero-order valence-corrected chi connectivity index (χ0v) is 15.9. The molecule has 0 saturated heterocycles. The van der Waals surface area contributed by atoms with Gasteiger partial charge in [-0.2, -0.15) is 0 Å². The lowest BCUT2D eigenvalue weighted by molar-refractivity contribution is -0.137. The summed E-state index contributed by atoms with van der Waals surface area (Å²) in [6.45, 7) is 2.46. The summed E-state index contributed by atoms with van der Waals surface area (Å²) in [5, 5.41) is 8.72. The largest absolute Gasteiger partial charge is 0.488 e. The van der Waals surface area contributed by atoms with Crippen LogP contribution < -0.4 is 4.74 Å². The van der Waals surface area contributed by atoms with Gasteiger partial charge in [0, 0.05) is 18.5 Å². The molecule has 4 heteroatoms. The number of carboxylic acid groups (broad SMARTS) is 1. The summed E-state index contributed by atoms with van der Waals surface area (Å²) in [5.74, 6) is 0.220. The highest BCUT2D eigenvalue weighted by Gasteiger charge is 2.18. The molecular formula is C23H27NO3. The van der Waals surface area contributed by atoms with Gasteiger partial charge in [0.15, 0.2) is 0 Å². The molecule has 1 aliphatic heterocycles. The summed E-state index contributed by atoms with van der Waals surface area (Å²) in [4.78, 5) is 12.9. The van der Waals surface area contributed by atoms with E-state index in [1.807, 2.05) is 12.1 Å². The van der Waals surface area contributed by atoms with Crippen molar-refractivity contribution in [3.05, 3.63) is 71.3 Å². The van der Waals surface area contributed by atoms with Crippen molar-refractivity contribution in [2.75, 3.05) is 20.1 Å². The molecule has 1 aliphatic rings. The van der Waals surface area contributed by atoms with E-state index in [2.05, 4.69) is 54.4 Å². The fraction of sp³-hybridized carbons (Fsp3) is 0.348. The van der Waals surface area contributed by atoms with Crippen LogP contribution in [0.15, 0.2) is 54.6 Å². The third kappa shape index (κ3) is 5.20. The van der Waals surface area contributed by atoms with E-state index in [1.165, 1.54) is 16.7 Å². The minimum atomic E-state index is -0.713. The predicted molar refractivity (Wildman–Crippen MR) is 108 cm³/mol. The highest BCUT2D eigenvalue weighted by Crippen LogP contribution is 2.36. The van der Waals surface area contributed by atoms with Crippen LogP contribution in [0.2, 0.25) is 0 Å². The van der Waals surface area contributed by atoms with Crippen LogP contribution in [0.3, 0.4) is 0 Å². The molecule has 27 heavy (non-hydrogen) atoms. The quantitative estimate of drug-likeness (QED) is 0.695. The number of nitrogens with zero attached hydrogens (tertiary/aromatic N) is 1. The number of ether oxygens (including phenoxy) is 1. The monoisotopic (exact) mass is 365 g/mol. The number of hydrogen-bond donors (Lipinski definition) is 1. The summed E-state index contributed by atoms with van der Waals surface area (Å²) >= 11 is 0. The Morgan fingerprint density at radius 1 is 1.07 bits per heavy atom. The van der Waals surface area contributed by atoms with Crippen molar-refractivity contribution in [2.24, 2.45) is 0 Å². The minimum Gasteiger partial charge on any atom is -0.488 e. The lowest BCUT2D eigenvalue weighted by atomic mass is 9.93. The molecule has 0 amide bonds. The highest BCUT2D eigenvalue weighted by molar-refractivity contribution is 5.84. The highest BCUT2D eigenvalue weighted by atomic mass is 16.5. The van der Waals surface area contributed by atoms with E-state index in [9.17, 15) is 4.79 Å². The molecule has 3 rings (SSSR count).